The van der Waals surface area contributed by atoms with Gasteiger partial charge >= 0.3 is 0 Å². The van der Waals surface area contributed by atoms with Gasteiger partial charge in [-0.25, -0.2) is 0 Å². The van der Waals surface area contributed by atoms with Gasteiger partial charge in [0.2, 0.25) is 5.91 Å². The van der Waals surface area contributed by atoms with Crippen molar-refractivity contribution >= 4 is 29.3 Å². The molecule has 1 N–H and O–H groups in total. The number of nitrogens with one attached hydrogen (secondary N) is 1. The molecule has 5 heteroatoms. The Hall–Kier alpha value is -2.46. The highest BCUT2D eigenvalue weighted by atomic mass is 35.5. The number of carbonyl (C=O) groups is 1. The topological polar surface area (TPSA) is 47.6 Å². The number of rotatable bonds is 8. The first-order valence-electron chi connectivity index (χ1n) is 8.26. The van der Waals surface area contributed by atoms with Crippen LogP contribution in [-0.2, 0) is 4.79 Å². The lowest BCUT2D eigenvalue weighted by molar-refractivity contribution is -0.111. The zero-order chi connectivity index (χ0) is 18.1. The van der Waals surface area contributed by atoms with Gasteiger partial charge in [0.25, 0.3) is 0 Å². The Kier molecular flexibility index (Phi) is 7.36. The van der Waals surface area contributed by atoms with E-state index >= 15 is 0 Å². The van der Waals surface area contributed by atoms with Crippen LogP contribution < -0.4 is 14.8 Å². The third-order valence-electron chi connectivity index (χ3n) is 3.25. The summed E-state index contributed by atoms with van der Waals surface area (Å²) in [5.41, 5.74) is 1.51. The first-order valence-corrected chi connectivity index (χ1v) is 8.64. The van der Waals surface area contributed by atoms with E-state index in [0.717, 1.165) is 12.0 Å². The van der Waals surface area contributed by atoms with E-state index in [-0.39, 0.29) is 5.91 Å². The van der Waals surface area contributed by atoms with E-state index in [0.29, 0.717) is 35.4 Å². The minimum atomic E-state index is -0.230. The second kappa shape index (κ2) is 9.74. The summed E-state index contributed by atoms with van der Waals surface area (Å²) in [4.78, 5) is 12.0. The van der Waals surface area contributed by atoms with Crippen LogP contribution in [0.3, 0.4) is 0 Å². The highest BCUT2D eigenvalue weighted by molar-refractivity contribution is 6.30. The van der Waals surface area contributed by atoms with Crippen molar-refractivity contribution in [2.45, 2.75) is 20.3 Å². The molecule has 0 saturated heterocycles. The summed E-state index contributed by atoms with van der Waals surface area (Å²) in [7, 11) is 0. The largest absolute Gasteiger partial charge is 0.490 e. The van der Waals surface area contributed by atoms with Crippen molar-refractivity contribution in [3.05, 3.63) is 59.1 Å². The minimum absolute atomic E-state index is 0.230. The Labute approximate surface area is 153 Å². The lowest BCUT2D eigenvalue weighted by Crippen LogP contribution is -2.07. The summed E-state index contributed by atoms with van der Waals surface area (Å²) < 4.78 is 11.3. The van der Waals surface area contributed by atoms with Crippen molar-refractivity contribution in [3.63, 3.8) is 0 Å². The van der Waals surface area contributed by atoms with E-state index in [1.165, 1.54) is 6.08 Å². The summed E-state index contributed by atoms with van der Waals surface area (Å²) in [6.07, 6.45) is 4.13. The van der Waals surface area contributed by atoms with E-state index in [1.54, 1.807) is 30.3 Å². The first-order chi connectivity index (χ1) is 12.1. The monoisotopic (exact) mass is 359 g/mol. The molecule has 4 nitrogen and oxygen atoms in total. The van der Waals surface area contributed by atoms with Gasteiger partial charge in [0.1, 0.15) is 0 Å². The molecule has 0 atom stereocenters. The second-order valence-corrected chi connectivity index (χ2v) is 5.76. The Balaban J connectivity index is 2.06. The maximum absolute atomic E-state index is 12.0. The van der Waals surface area contributed by atoms with E-state index in [9.17, 15) is 4.79 Å². The van der Waals surface area contributed by atoms with Crippen LogP contribution in [0.5, 0.6) is 11.5 Å². The summed E-state index contributed by atoms with van der Waals surface area (Å²) in [6, 6.07) is 12.6. The molecule has 1 amide bonds. The molecule has 2 aromatic carbocycles. The fourth-order valence-electron chi connectivity index (χ4n) is 2.15. The molecule has 0 spiro atoms. The molecule has 0 aromatic heterocycles. The lowest BCUT2D eigenvalue weighted by Gasteiger charge is -2.12. The van der Waals surface area contributed by atoms with Crippen LogP contribution in [0.1, 0.15) is 25.8 Å². The number of hydrogen-bond acceptors (Lipinski definition) is 3. The molecule has 0 aliphatic heterocycles. The number of hydrogen-bond donors (Lipinski definition) is 1. The quantitative estimate of drug-likeness (QED) is 0.660. The Morgan fingerprint density at radius 3 is 2.68 bits per heavy atom. The van der Waals surface area contributed by atoms with E-state index in [1.807, 2.05) is 25.1 Å². The highest BCUT2D eigenvalue weighted by Crippen LogP contribution is 2.29. The first kappa shape index (κ1) is 18.9. The predicted molar refractivity (Wildman–Crippen MR) is 103 cm³/mol. The molecule has 0 aliphatic carbocycles. The van der Waals surface area contributed by atoms with E-state index in [2.05, 4.69) is 12.2 Å². The van der Waals surface area contributed by atoms with Gasteiger partial charge < -0.3 is 14.8 Å². The van der Waals surface area contributed by atoms with Gasteiger partial charge in [-0.05, 0) is 55.3 Å². The molecule has 2 aromatic rings. The maximum Gasteiger partial charge on any atom is 0.248 e. The number of ether oxygens (including phenoxy) is 2. The van der Waals surface area contributed by atoms with Gasteiger partial charge in [0, 0.05) is 16.8 Å². The molecule has 0 saturated carbocycles. The number of amides is 1. The lowest BCUT2D eigenvalue weighted by atomic mass is 10.2. The van der Waals surface area contributed by atoms with Crippen molar-refractivity contribution in [2.24, 2.45) is 0 Å². The van der Waals surface area contributed by atoms with Crippen LogP contribution in [0.4, 0.5) is 5.69 Å². The molecule has 132 valence electrons. The average Bonchev–Trinajstić information content (AvgIpc) is 2.59. The Bertz CT molecular complexity index is 743. The van der Waals surface area contributed by atoms with Crippen LogP contribution in [0.15, 0.2) is 48.5 Å². The maximum atomic E-state index is 12.0. The van der Waals surface area contributed by atoms with Crippen molar-refractivity contribution in [2.75, 3.05) is 18.5 Å². The molecule has 0 radical (unpaired) electrons. The molecule has 0 fully saturated rings. The SMILES string of the molecule is CCCOc1ccc(/C=C/C(=O)Nc2cccc(Cl)c2)cc1OCC. The number of carbonyl (C=O) groups excluding carboxylic acids is 1. The van der Waals surface area contributed by atoms with Crippen LogP contribution in [0.25, 0.3) is 6.08 Å². The molecule has 0 aliphatic rings. The molecule has 2 rings (SSSR count). The fraction of sp³-hybridized carbons (Fsp3) is 0.250. The van der Waals surface area contributed by atoms with Gasteiger partial charge in [-0.2, -0.15) is 0 Å². The third kappa shape index (κ3) is 6.16. The smallest absolute Gasteiger partial charge is 0.248 e. The van der Waals surface area contributed by atoms with Crippen molar-refractivity contribution in [3.8, 4) is 11.5 Å². The average molecular weight is 360 g/mol. The summed E-state index contributed by atoms with van der Waals surface area (Å²) in [5, 5.41) is 3.34. The van der Waals surface area contributed by atoms with Gasteiger partial charge in [0.05, 0.1) is 13.2 Å². The Morgan fingerprint density at radius 2 is 1.96 bits per heavy atom. The van der Waals surface area contributed by atoms with Gasteiger partial charge in [-0.3, -0.25) is 4.79 Å². The van der Waals surface area contributed by atoms with Crippen LogP contribution in [0, 0.1) is 0 Å². The summed E-state index contributed by atoms with van der Waals surface area (Å²) in [5.74, 6) is 1.16. The highest BCUT2D eigenvalue weighted by Gasteiger charge is 2.06. The van der Waals surface area contributed by atoms with Crippen LogP contribution in [0.2, 0.25) is 5.02 Å². The molecule has 0 bridgehead atoms. The fourth-order valence-corrected chi connectivity index (χ4v) is 2.34. The zero-order valence-corrected chi connectivity index (χ0v) is 15.2. The van der Waals surface area contributed by atoms with Gasteiger partial charge in [-0.1, -0.05) is 30.7 Å². The van der Waals surface area contributed by atoms with Gasteiger partial charge in [-0.15, -0.1) is 0 Å². The van der Waals surface area contributed by atoms with E-state index < -0.39 is 0 Å². The standard InChI is InChI=1S/C20H22ClNO3/c1-3-12-25-18-10-8-15(13-19(18)24-4-2)9-11-20(23)22-17-7-5-6-16(21)14-17/h5-11,13-14H,3-4,12H2,1-2H3,(H,22,23)/b11-9+. The van der Waals surface area contributed by atoms with Gasteiger partial charge in [0.15, 0.2) is 11.5 Å². The summed E-state index contributed by atoms with van der Waals surface area (Å²) >= 11 is 5.90. The number of benzene rings is 2. The Morgan fingerprint density at radius 1 is 1.12 bits per heavy atom. The predicted octanol–water partition coefficient (Wildman–Crippen LogP) is 5.18. The van der Waals surface area contributed by atoms with Crippen molar-refractivity contribution in [1.82, 2.24) is 0 Å². The molecular formula is C20H22ClNO3. The van der Waals surface area contributed by atoms with Crippen molar-refractivity contribution in [1.29, 1.82) is 0 Å². The number of halogens is 1. The van der Waals surface area contributed by atoms with Crippen molar-refractivity contribution < 1.29 is 14.3 Å². The zero-order valence-electron chi connectivity index (χ0n) is 14.4. The molecule has 25 heavy (non-hydrogen) atoms. The normalized spacial score (nSPS) is 10.7. The molecule has 0 unspecified atom stereocenters. The third-order valence-corrected chi connectivity index (χ3v) is 3.48. The molecule has 0 heterocycles. The molecular weight excluding hydrogens is 338 g/mol. The number of anilines is 1. The van der Waals surface area contributed by atoms with E-state index in [4.69, 9.17) is 21.1 Å². The van der Waals surface area contributed by atoms with Crippen LogP contribution in [-0.4, -0.2) is 19.1 Å². The van der Waals surface area contributed by atoms with Crippen LogP contribution >= 0.6 is 11.6 Å². The second-order valence-electron chi connectivity index (χ2n) is 5.32. The summed E-state index contributed by atoms with van der Waals surface area (Å²) in [6.45, 7) is 5.16. The minimum Gasteiger partial charge on any atom is -0.490 e.